The maximum atomic E-state index is 14.2. The van der Waals surface area contributed by atoms with E-state index in [9.17, 15) is 19.5 Å². The molecule has 1 aromatic heterocycles. The van der Waals surface area contributed by atoms with Crippen molar-refractivity contribution in [1.29, 1.82) is 0 Å². The van der Waals surface area contributed by atoms with Gasteiger partial charge in [-0.2, -0.15) is 0 Å². The summed E-state index contributed by atoms with van der Waals surface area (Å²) in [5.74, 6) is -1.13. The van der Waals surface area contributed by atoms with Crippen molar-refractivity contribution in [1.82, 2.24) is 9.55 Å². The molecule has 3 heterocycles. The highest BCUT2D eigenvalue weighted by Crippen LogP contribution is 2.45. The van der Waals surface area contributed by atoms with Gasteiger partial charge < -0.3 is 10.0 Å². The van der Waals surface area contributed by atoms with Crippen LogP contribution in [-0.2, 0) is 11.2 Å². The van der Waals surface area contributed by atoms with Crippen LogP contribution in [0, 0.1) is 13.8 Å². The molecule has 1 amide bonds. The van der Waals surface area contributed by atoms with Crippen molar-refractivity contribution in [3.8, 4) is 0 Å². The highest BCUT2D eigenvalue weighted by atomic mass is 16.4. The third-order valence-corrected chi connectivity index (χ3v) is 6.90. The first-order valence-corrected chi connectivity index (χ1v) is 11.6. The summed E-state index contributed by atoms with van der Waals surface area (Å²) in [6, 6.07) is 17.9. The number of fused-ring (bicyclic) bond motifs is 1. The lowest BCUT2D eigenvalue weighted by Gasteiger charge is -2.29. The molecule has 0 radical (unpaired) electrons. The Morgan fingerprint density at radius 1 is 1.03 bits per heavy atom. The van der Waals surface area contributed by atoms with Crippen molar-refractivity contribution in [2.24, 2.45) is 4.99 Å². The van der Waals surface area contributed by atoms with Crippen LogP contribution < -0.4 is 10.5 Å². The molecule has 2 unspecified atom stereocenters. The van der Waals surface area contributed by atoms with Crippen LogP contribution in [0.3, 0.4) is 0 Å². The number of aliphatic imine (C=N–C) groups is 1. The van der Waals surface area contributed by atoms with E-state index >= 15 is 0 Å². The molecular formula is C28H22N4O4. The Kier molecular flexibility index (Phi) is 4.86. The maximum Gasteiger partial charge on any atom is 0.335 e. The monoisotopic (exact) mass is 478 g/mol. The number of amides is 1. The molecule has 6 rings (SSSR count). The van der Waals surface area contributed by atoms with Gasteiger partial charge in [0, 0.05) is 11.8 Å². The first kappa shape index (κ1) is 21.9. The van der Waals surface area contributed by atoms with Crippen molar-refractivity contribution in [3.05, 3.63) is 105 Å². The number of hydrogen-bond acceptors (Lipinski definition) is 5. The third kappa shape index (κ3) is 3.25. The van der Waals surface area contributed by atoms with Gasteiger partial charge in [-0.1, -0.05) is 42.0 Å². The van der Waals surface area contributed by atoms with Crippen LogP contribution in [0.1, 0.15) is 50.6 Å². The molecule has 0 saturated heterocycles. The quantitative estimate of drug-likeness (QED) is 0.480. The molecule has 1 N–H and O–H groups in total. The van der Waals surface area contributed by atoms with Gasteiger partial charge in [0.05, 0.1) is 28.2 Å². The summed E-state index contributed by atoms with van der Waals surface area (Å²) >= 11 is 0. The fourth-order valence-corrected chi connectivity index (χ4v) is 5.34. The number of carboxylic acids is 1. The average molecular weight is 479 g/mol. The van der Waals surface area contributed by atoms with E-state index in [0.717, 1.165) is 27.9 Å². The highest BCUT2D eigenvalue weighted by molar-refractivity contribution is 6.07. The van der Waals surface area contributed by atoms with Gasteiger partial charge in [-0.15, -0.1) is 0 Å². The van der Waals surface area contributed by atoms with Crippen molar-refractivity contribution < 1.29 is 14.7 Å². The molecule has 0 bridgehead atoms. The summed E-state index contributed by atoms with van der Waals surface area (Å²) in [4.78, 5) is 50.0. The Hall–Kier alpha value is -4.59. The number of carbonyl (C=O) groups excluding carboxylic acids is 1. The van der Waals surface area contributed by atoms with Crippen molar-refractivity contribution in [2.75, 3.05) is 4.90 Å². The molecular weight excluding hydrogens is 456 g/mol. The lowest BCUT2D eigenvalue weighted by molar-refractivity contribution is -0.122. The topological polar surface area (TPSA) is 105 Å². The summed E-state index contributed by atoms with van der Waals surface area (Å²) in [5.41, 5.74) is 4.68. The number of carboxylic acid groups (broad SMARTS) is 1. The van der Waals surface area contributed by atoms with Gasteiger partial charge in [0.1, 0.15) is 5.82 Å². The second-order valence-corrected chi connectivity index (χ2v) is 9.22. The fourth-order valence-electron chi connectivity index (χ4n) is 5.34. The zero-order valence-corrected chi connectivity index (χ0v) is 19.7. The molecule has 8 heteroatoms. The zero-order valence-electron chi connectivity index (χ0n) is 19.7. The van der Waals surface area contributed by atoms with Gasteiger partial charge in [-0.05, 0) is 55.7 Å². The van der Waals surface area contributed by atoms with Gasteiger partial charge in [0.2, 0.25) is 6.17 Å². The van der Waals surface area contributed by atoms with Gasteiger partial charge in [-0.25, -0.2) is 9.78 Å². The second kappa shape index (κ2) is 7.98. The smallest absolute Gasteiger partial charge is 0.335 e. The molecule has 0 spiro atoms. The number of aryl methyl sites for hydroxylation is 2. The fraction of sp³-hybridized carbons (Fsp3) is 0.179. The van der Waals surface area contributed by atoms with Gasteiger partial charge in [-0.3, -0.25) is 19.1 Å². The van der Waals surface area contributed by atoms with E-state index in [1.807, 2.05) is 43.3 Å². The Bertz CT molecular complexity index is 1670. The van der Waals surface area contributed by atoms with E-state index in [1.54, 1.807) is 18.0 Å². The van der Waals surface area contributed by atoms with Gasteiger partial charge in [0.15, 0.2) is 0 Å². The largest absolute Gasteiger partial charge is 0.478 e. The number of aromatic carboxylic acids is 1. The molecule has 2 aliphatic rings. The number of carbonyl (C=O) groups is 2. The van der Waals surface area contributed by atoms with Crippen LogP contribution in [0.15, 0.2) is 70.5 Å². The SMILES string of the molecule is Cc1cc2c3c(c1)CC(c1ccccc1)N3C(=O)C(n1c(C)nc3cc(C(=O)O)ccc3c1=O)N=C2. The number of anilines is 1. The van der Waals surface area contributed by atoms with Gasteiger partial charge >= 0.3 is 5.97 Å². The Morgan fingerprint density at radius 3 is 2.56 bits per heavy atom. The molecule has 2 aliphatic heterocycles. The van der Waals surface area contributed by atoms with Crippen molar-refractivity contribution in [2.45, 2.75) is 32.5 Å². The summed E-state index contributed by atoms with van der Waals surface area (Å²) in [6.45, 7) is 3.64. The molecule has 3 aromatic carbocycles. The van der Waals surface area contributed by atoms with Crippen LogP contribution in [-0.4, -0.2) is 32.7 Å². The number of nitrogens with zero attached hydrogens (tertiary/aromatic N) is 4. The normalized spacial score (nSPS) is 18.4. The molecule has 4 aromatic rings. The van der Waals surface area contributed by atoms with Gasteiger partial charge in [0.25, 0.3) is 11.5 Å². The van der Waals surface area contributed by atoms with Crippen LogP contribution >= 0.6 is 0 Å². The van der Waals surface area contributed by atoms with E-state index in [2.05, 4.69) is 16.0 Å². The standard InChI is InChI=1S/C28H22N4O4/c1-15-10-19-13-23(17-6-4-3-5-7-17)32-24(19)20(11-15)14-29-25(27(32)34)31-16(2)30-22-12-18(28(35)36)8-9-21(22)26(31)33/h3-12,14,23,25H,13H2,1-2H3,(H,35,36). The van der Waals surface area contributed by atoms with E-state index in [-0.39, 0.29) is 34.2 Å². The summed E-state index contributed by atoms with van der Waals surface area (Å²) < 4.78 is 1.31. The molecule has 178 valence electrons. The molecule has 0 saturated carbocycles. The number of aromatic nitrogens is 2. The minimum Gasteiger partial charge on any atom is -0.478 e. The summed E-state index contributed by atoms with van der Waals surface area (Å²) in [5, 5.41) is 9.54. The third-order valence-electron chi connectivity index (χ3n) is 6.90. The molecule has 2 atom stereocenters. The Balaban J connectivity index is 1.54. The maximum absolute atomic E-state index is 14.2. The lowest BCUT2D eigenvalue weighted by Crippen LogP contribution is -2.41. The first-order chi connectivity index (χ1) is 17.3. The first-order valence-electron chi connectivity index (χ1n) is 11.6. The minimum atomic E-state index is -1.14. The van der Waals surface area contributed by atoms with Crippen LogP contribution in [0.25, 0.3) is 10.9 Å². The average Bonchev–Trinajstić information content (AvgIpc) is 3.18. The molecule has 0 aliphatic carbocycles. The lowest BCUT2D eigenvalue weighted by atomic mass is 10.0. The number of hydrogen-bond donors (Lipinski definition) is 1. The predicted octanol–water partition coefficient (Wildman–Crippen LogP) is 3.97. The van der Waals surface area contributed by atoms with E-state index < -0.39 is 17.7 Å². The Morgan fingerprint density at radius 2 is 1.81 bits per heavy atom. The van der Waals surface area contributed by atoms with E-state index in [1.165, 1.54) is 22.8 Å². The van der Waals surface area contributed by atoms with Crippen LogP contribution in [0.4, 0.5) is 5.69 Å². The molecule has 36 heavy (non-hydrogen) atoms. The molecule has 0 fully saturated rings. The minimum absolute atomic E-state index is 0.0382. The number of benzene rings is 3. The summed E-state index contributed by atoms with van der Waals surface area (Å²) in [7, 11) is 0. The van der Waals surface area contributed by atoms with E-state index in [4.69, 9.17) is 0 Å². The summed E-state index contributed by atoms with van der Waals surface area (Å²) in [6.07, 6.45) is 1.20. The number of rotatable bonds is 3. The zero-order chi connectivity index (χ0) is 25.1. The Labute approximate surface area is 206 Å². The second-order valence-electron chi connectivity index (χ2n) is 9.22. The van der Waals surface area contributed by atoms with Crippen LogP contribution in [0.2, 0.25) is 0 Å². The van der Waals surface area contributed by atoms with Crippen molar-refractivity contribution >= 4 is 34.7 Å². The predicted molar refractivity (Wildman–Crippen MR) is 136 cm³/mol. The van der Waals surface area contributed by atoms with Crippen molar-refractivity contribution in [3.63, 3.8) is 0 Å². The van der Waals surface area contributed by atoms with E-state index in [0.29, 0.717) is 6.42 Å². The van der Waals surface area contributed by atoms with Crippen LogP contribution in [0.5, 0.6) is 0 Å². The highest BCUT2D eigenvalue weighted by Gasteiger charge is 2.42. The molecule has 8 nitrogen and oxygen atoms in total.